The maximum atomic E-state index is 13.9. The van der Waals surface area contributed by atoms with Crippen molar-refractivity contribution >= 4 is 45.7 Å². The Balaban J connectivity index is 1.28. The predicted molar refractivity (Wildman–Crippen MR) is 191 cm³/mol. The second-order valence-electron chi connectivity index (χ2n) is 11.6. The van der Waals surface area contributed by atoms with Gasteiger partial charge in [-0.2, -0.15) is 0 Å². The van der Waals surface area contributed by atoms with Crippen LogP contribution in [-0.4, -0.2) is 46.8 Å². The number of benzene rings is 4. The van der Waals surface area contributed by atoms with Gasteiger partial charge >= 0.3 is 5.91 Å². The van der Waals surface area contributed by atoms with E-state index in [4.69, 9.17) is 18.9 Å². The Bertz CT molecular complexity index is 2060. The van der Waals surface area contributed by atoms with Gasteiger partial charge in [0.15, 0.2) is 27.3 Å². The third kappa shape index (κ3) is 6.89. The monoisotopic (exact) mass is 707 g/mol. The molecule has 1 atom stereocenters. The van der Waals surface area contributed by atoms with Gasteiger partial charge in [0.2, 0.25) is 5.13 Å². The summed E-state index contributed by atoms with van der Waals surface area (Å²) in [5.41, 5.74) is 4.00. The van der Waals surface area contributed by atoms with Gasteiger partial charge in [0.1, 0.15) is 25.6 Å². The van der Waals surface area contributed by atoms with Crippen molar-refractivity contribution in [1.29, 1.82) is 0 Å². The molecule has 1 fully saturated rings. The first kappa shape index (κ1) is 33.2. The van der Waals surface area contributed by atoms with Crippen LogP contribution in [0.25, 0.3) is 5.76 Å². The average molecular weight is 708 g/mol. The third-order valence-corrected chi connectivity index (χ3v) is 10.3. The van der Waals surface area contributed by atoms with Crippen LogP contribution in [0.3, 0.4) is 0 Å². The molecule has 1 saturated heterocycles. The van der Waals surface area contributed by atoms with Crippen LogP contribution in [0.2, 0.25) is 0 Å². The Morgan fingerprint density at radius 3 is 2.46 bits per heavy atom. The van der Waals surface area contributed by atoms with Gasteiger partial charge in [-0.05, 0) is 60.9 Å². The van der Waals surface area contributed by atoms with E-state index in [1.54, 1.807) is 36.4 Å². The summed E-state index contributed by atoms with van der Waals surface area (Å²) in [6, 6.07) is 27.1. The Labute approximate surface area is 297 Å². The van der Waals surface area contributed by atoms with E-state index >= 15 is 0 Å². The van der Waals surface area contributed by atoms with E-state index in [0.717, 1.165) is 11.1 Å². The number of fused-ring (bicyclic) bond motifs is 1. The van der Waals surface area contributed by atoms with E-state index in [-0.39, 0.29) is 16.5 Å². The first-order valence-electron chi connectivity index (χ1n) is 16.1. The number of aliphatic hydroxyl groups excluding tert-OH is 1. The number of nitrogens with zero attached hydrogens (tertiary/aromatic N) is 3. The van der Waals surface area contributed by atoms with Crippen molar-refractivity contribution in [2.75, 3.05) is 24.7 Å². The highest BCUT2D eigenvalue weighted by molar-refractivity contribution is 8.00. The van der Waals surface area contributed by atoms with Crippen molar-refractivity contribution in [3.05, 3.63) is 124 Å². The number of hydrogen-bond donors (Lipinski definition) is 1. The number of ether oxygens (including phenoxy) is 4. The van der Waals surface area contributed by atoms with Crippen LogP contribution in [0.5, 0.6) is 23.0 Å². The van der Waals surface area contributed by atoms with Gasteiger partial charge in [-0.15, -0.1) is 10.2 Å². The zero-order valence-electron chi connectivity index (χ0n) is 27.3. The summed E-state index contributed by atoms with van der Waals surface area (Å²) < 4.78 is 24.1. The normalized spacial score (nSPS) is 16.4. The number of hydrogen-bond acceptors (Lipinski definition) is 11. The van der Waals surface area contributed by atoms with Crippen LogP contribution in [0, 0.1) is 6.92 Å². The van der Waals surface area contributed by atoms with E-state index in [9.17, 15) is 14.7 Å². The number of carbonyl (C=O) groups excluding carboxylic acids is 2. The van der Waals surface area contributed by atoms with Crippen LogP contribution >= 0.6 is 23.1 Å². The molecule has 3 heterocycles. The molecule has 1 unspecified atom stereocenters. The lowest BCUT2D eigenvalue weighted by Gasteiger charge is -2.24. The molecule has 254 valence electrons. The van der Waals surface area contributed by atoms with Gasteiger partial charge in [0.05, 0.1) is 18.2 Å². The molecule has 0 spiro atoms. The molecule has 4 aromatic carbocycles. The second kappa shape index (κ2) is 14.7. The number of thioether (sulfide) groups is 1. The molecule has 10 nitrogen and oxygen atoms in total. The summed E-state index contributed by atoms with van der Waals surface area (Å²) >= 11 is 2.69. The number of ketones is 1. The molecule has 1 amide bonds. The zero-order chi connectivity index (χ0) is 34.6. The van der Waals surface area contributed by atoms with Gasteiger partial charge in [-0.1, -0.05) is 89.3 Å². The maximum Gasteiger partial charge on any atom is 0.301 e. The van der Waals surface area contributed by atoms with E-state index in [0.29, 0.717) is 70.6 Å². The smallest absolute Gasteiger partial charge is 0.301 e. The fourth-order valence-corrected chi connectivity index (χ4v) is 7.52. The fraction of sp³-hybridized carbons (Fsp3) is 0.211. The molecule has 7 rings (SSSR count). The molecule has 2 aliphatic heterocycles. The molecule has 1 aromatic heterocycles. The predicted octanol–water partition coefficient (Wildman–Crippen LogP) is 7.51. The summed E-state index contributed by atoms with van der Waals surface area (Å²) in [5.74, 6) is 0.506. The van der Waals surface area contributed by atoms with Crippen LogP contribution in [0.1, 0.15) is 40.8 Å². The van der Waals surface area contributed by atoms with E-state index < -0.39 is 17.7 Å². The molecule has 12 heteroatoms. The lowest BCUT2D eigenvalue weighted by Crippen LogP contribution is -2.29. The maximum absolute atomic E-state index is 13.9. The average Bonchev–Trinajstić information content (AvgIpc) is 3.72. The number of rotatable bonds is 11. The van der Waals surface area contributed by atoms with Gasteiger partial charge in [0.25, 0.3) is 5.78 Å². The summed E-state index contributed by atoms with van der Waals surface area (Å²) in [6.07, 6.45) is 0. The summed E-state index contributed by atoms with van der Waals surface area (Å²) in [5, 5.41) is 20.7. The lowest BCUT2D eigenvalue weighted by atomic mass is 9.95. The van der Waals surface area contributed by atoms with Crippen molar-refractivity contribution in [3.8, 4) is 23.0 Å². The van der Waals surface area contributed by atoms with Gasteiger partial charge in [-0.25, -0.2) is 0 Å². The minimum atomic E-state index is -1.05. The first-order valence-corrected chi connectivity index (χ1v) is 17.9. The SMILES string of the molecule is CCOc1cc(C2/C(=C(/O)c3ccc4c(c3)OCCO4)C(=O)C(=O)N2c2nnc(SCc3ccc(C)cc3)s2)ccc1OCc1ccccc1. The van der Waals surface area contributed by atoms with E-state index in [2.05, 4.69) is 34.5 Å². The minimum Gasteiger partial charge on any atom is -0.507 e. The Morgan fingerprint density at radius 2 is 1.68 bits per heavy atom. The molecule has 50 heavy (non-hydrogen) atoms. The largest absolute Gasteiger partial charge is 0.507 e. The van der Waals surface area contributed by atoms with Crippen molar-refractivity contribution in [2.24, 2.45) is 0 Å². The first-order chi connectivity index (χ1) is 24.4. The van der Waals surface area contributed by atoms with E-state index in [1.165, 1.54) is 33.6 Å². The highest BCUT2D eigenvalue weighted by Gasteiger charge is 2.48. The highest BCUT2D eigenvalue weighted by atomic mass is 32.2. The lowest BCUT2D eigenvalue weighted by molar-refractivity contribution is -0.132. The summed E-state index contributed by atoms with van der Waals surface area (Å²) in [4.78, 5) is 29.1. The molecular weight excluding hydrogens is 675 g/mol. The van der Waals surface area contributed by atoms with Crippen molar-refractivity contribution < 1.29 is 33.6 Å². The zero-order valence-corrected chi connectivity index (χ0v) is 29.0. The topological polar surface area (TPSA) is 120 Å². The molecule has 0 aliphatic carbocycles. The molecular formula is C38H33N3O7S2. The molecule has 1 N–H and O–H groups in total. The van der Waals surface area contributed by atoms with E-state index in [1.807, 2.05) is 44.2 Å². The Kier molecular flexibility index (Phi) is 9.72. The Morgan fingerprint density at radius 1 is 0.900 bits per heavy atom. The summed E-state index contributed by atoms with van der Waals surface area (Å²) in [7, 11) is 0. The minimum absolute atomic E-state index is 0.101. The number of amides is 1. The van der Waals surface area contributed by atoms with Crippen molar-refractivity contribution in [1.82, 2.24) is 10.2 Å². The standard InChI is InChI=1S/C38H33N3O7S2/c1-3-45-30-19-26(13-15-29(30)48-21-24-7-5-4-6-8-24)33-32(34(42)27-14-16-28-31(20-27)47-18-17-46-28)35(43)36(44)41(33)37-39-40-38(50-37)49-22-25-11-9-23(2)10-12-25/h4-16,19-20,33,42H,3,17-18,21-22H2,1-2H3/b34-32-. The number of Topliss-reactive ketones (excluding diaryl/α,β-unsaturated/α-hetero) is 1. The second-order valence-corrected chi connectivity index (χ2v) is 13.7. The van der Waals surface area contributed by atoms with Gasteiger partial charge < -0.3 is 24.1 Å². The van der Waals surface area contributed by atoms with Crippen molar-refractivity contribution in [3.63, 3.8) is 0 Å². The number of aromatic nitrogens is 2. The third-order valence-electron chi connectivity index (χ3n) is 8.17. The fourth-order valence-electron chi connectivity index (χ4n) is 5.70. The molecule has 0 saturated carbocycles. The summed E-state index contributed by atoms with van der Waals surface area (Å²) in [6.45, 7) is 5.32. The van der Waals surface area contributed by atoms with Crippen LogP contribution in [0.4, 0.5) is 5.13 Å². The molecule has 5 aromatic rings. The highest BCUT2D eigenvalue weighted by Crippen LogP contribution is 2.46. The number of anilines is 1. The van der Waals surface area contributed by atoms with Crippen LogP contribution < -0.4 is 23.8 Å². The van der Waals surface area contributed by atoms with Gasteiger partial charge in [0, 0.05) is 11.3 Å². The van der Waals surface area contributed by atoms with Crippen LogP contribution in [-0.2, 0) is 21.9 Å². The van der Waals surface area contributed by atoms with Gasteiger partial charge in [-0.3, -0.25) is 14.5 Å². The quantitative estimate of drug-likeness (QED) is 0.0486. The molecule has 0 radical (unpaired) electrons. The number of carbonyl (C=O) groups is 2. The van der Waals surface area contributed by atoms with Crippen LogP contribution in [0.15, 0.2) is 101 Å². The molecule has 2 aliphatic rings. The molecule has 0 bridgehead atoms. The number of aryl methyl sites for hydroxylation is 1. The van der Waals surface area contributed by atoms with Crippen molar-refractivity contribution in [2.45, 2.75) is 36.6 Å². The Hall–Kier alpha value is -5.33. The number of aliphatic hydroxyl groups is 1.